The van der Waals surface area contributed by atoms with E-state index in [4.69, 9.17) is 0 Å². The summed E-state index contributed by atoms with van der Waals surface area (Å²) in [6.45, 7) is 3.49. The van der Waals surface area contributed by atoms with Crippen LogP contribution in [0.25, 0.3) is 0 Å². The molecule has 2 amide bonds. The van der Waals surface area contributed by atoms with Gasteiger partial charge in [0.05, 0.1) is 0 Å². The zero-order chi connectivity index (χ0) is 15.4. The Balaban J connectivity index is 2.08. The van der Waals surface area contributed by atoms with Gasteiger partial charge >= 0.3 is 0 Å². The molecule has 2 aromatic carbocycles. The van der Waals surface area contributed by atoms with Gasteiger partial charge in [-0.25, -0.2) is 0 Å². The highest BCUT2D eigenvalue weighted by Crippen LogP contribution is 2.17. The number of amides is 2. The predicted molar refractivity (Wildman–Crippen MR) is 84.7 cm³/mol. The maximum atomic E-state index is 12.1. The largest absolute Gasteiger partial charge is 0.322 e. The number of aryl methyl sites for hydroxylation is 1. The van der Waals surface area contributed by atoms with Gasteiger partial charge in [0.25, 0.3) is 5.91 Å². The Labute approximate surface area is 124 Å². The minimum absolute atomic E-state index is 0.0357. The summed E-state index contributed by atoms with van der Waals surface area (Å²) in [4.78, 5) is 24.9. The van der Waals surface area contributed by atoms with Crippen molar-refractivity contribution in [2.75, 3.05) is 17.3 Å². The minimum atomic E-state index is -0.150. The van der Waals surface area contributed by atoms with Gasteiger partial charge in [-0.3, -0.25) is 9.59 Å². The van der Waals surface area contributed by atoms with E-state index < -0.39 is 0 Å². The van der Waals surface area contributed by atoms with E-state index in [-0.39, 0.29) is 11.8 Å². The maximum Gasteiger partial charge on any atom is 0.255 e. The number of anilines is 2. The molecule has 0 radical (unpaired) electrons. The third-order valence-corrected chi connectivity index (χ3v) is 3.30. The second-order valence-electron chi connectivity index (χ2n) is 4.95. The normalized spacial score (nSPS) is 10.0. The first kappa shape index (κ1) is 14.8. The zero-order valence-corrected chi connectivity index (χ0v) is 12.4. The SMILES string of the molecule is CC(=O)N(C)c1ccc(NC(=O)c2ccc(C)cc2)cc1. The summed E-state index contributed by atoms with van der Waals surface area (Å²) in [5, 5.41) is 2.83. The standard InChI is InChI=1S/C17H18N2O2/c1-12-4-6-14(7-5-12)17(21)18-15-8-10-16(11-9-15)19(3)13(2)20/h4-11H,1-3H3,(H,18,21). The molecule has 0 atom stereocenters. The number of nitrogens with zero attached hydrogens (tertiary/aromatic N) is 1. The topological polar surface area (TPSA) is 49.4 Å². The molecule has 0 aliphatic carbocycles. The van der Waals surface area contributed by atoms with Gasteiger partial charge in [-0.2, -0.15) is 0 Å². The molecule has 0 spiro atoms. The van der Waals surface area contributed by atoms with Crippen molar-refractivity contribution >= 4 is 23.2 Å². The van der Waals surface area contributed by atoms with Crippen molar-refractivity contribution in [1.82, 2.24) is 0 Å². The predicted octanol–water partition coefficient (Wildman–Crippen LogP) is 3.23. The molecule has 0 fully saturated rings. The van der Waals surface area contributed by atoms with Gasteiger partial charge in [0.1, 0.15) is 0 Å². The van der Waals surface area contributed by atoms with Crippen LogP contribution >= 0.6 is 0 Å². The molecule has 0 aliphatic heterocycles. The summed E-state index contributed by atoms with van der Waals surface area (Å²) in [7, 11) is 1.71. The van der Waals surface area contributed by atoms with Crippen molar-refractivity contribution in [2.45, 2.75) is 13.8 Å². The number of rotatable bonds is 3. The molecule has 4 nitrogen and oxygen atoms in total. The van der Waals surface area contributed by atoms with Gasteiger partial charge < -0.3 is 10.2 Å². The first-order valence-electron chi connectivity index (χ1n) is 6.70. The molecule has 0 saturated heterocycles. The fraction of sp³-hybridized carbons (Fsp3) is 0.176. The molecular weight excluding hydrogens is 264 g/mol. The first-order valence-corrected chi connectivity index (χ1v) is 6.70. The summed E-state index contributed by atoms with van der Waals surface area (Å²) in [5.74, 6) is -0.186. The maximum absolute atomic E-state index is 12.1. The smallest absolute Gasteiger partial charge is 0.255 e. The summed E-state index contributed by atoms with van der Waals surface area (Å²) in [6.07, 6.45) is 0. The van der Waals surface area contributed by atoms with Crippen LogP contribution in [0.4, 0.5) is 11.4 Å². The van der Waals surface area contributed by atoms with E-state index in [0.717, 1.165) is 11.3 Å². The number of benzene rings is 2. The summed E-state index contributed by atoms with van der Waals surface area (Å²) in [5.41, 5.74) is 3.21. The Morgan fingerprint density at radius 3 is 2.05 bits per heavy atom. The highest BCUT2D eigenvalue weighted by atomic mass is 16.2. The summed E-state index contributed by atoms with van der Waals surface area (Å²) in [6, 6.07) is 14.5. The van der Waals surface area contributed by atoms with Crippen molar-refractivity contribution in [3.63, 3.8) is 0 Å². The molecule has 0 aliphatic rings. The molecule has 0 bridgehead atoms. The monoisotopic (exact) mass is 282 g/mol. The van der Waals surface area contributed by atoms with Crippen LogP contribution in [-0.2, 0) is 4.79 Å². The van der Waals surface area contributed by atoms with Crippen molar-refractivity contribution < 1.29 is 9.59 Å². The molecule has 108 valence electrons. The van der Waals surface area contributed by atoms with Gasteiger partial charge in [0, 0.05) is 30.9 Å². The fourth-order valence-corrected chi connectivity index (χ4v) is 1.86. The molecule has 2 rings (SSSR count). The Hall–Kier alpha value is -2.62. The van der Waals surface area contributed by atoms with Crippen LogP contribution in [0.5, 0.6) is 0 Å². The molecule has 21 heavy (non-hydrogen) atoms. The van der Waals surface area contributed by atoms with Crippen LogP contribution in [-0.4, -0.2) is 18.9 Å². The van der Waals surface area contributed by atoms with Crippen LogP contribution in [0.3, 0.4) is 0 Å². The van der Waals surface area contributed by atoms with E-state index in [1.54, 1.807) is 48.3 Å². The van der Waals surface area contributed by atoms with Crippen LogP contribution in [0.1, 0.15) is 22.8 Å². The quantitative estimate of drug-likeness (QED) is 0.939. The van der Waals surface area contributed by atoms with E-state index >= 15 is 0 Å². The lowest BCUT2D eigenvalue weighted by Crippen LogP contribution is -2.22. The number of carbonyl (C=O) groups is 2. The number of carbonyl (C=O) groups excluding carboxylic acids is 2. The third kappa shape index (κ3) is 3.69. The number of hydrogen-bond acceptors (Lipinski definition) is 2. The average Bonchev–Trinajstić information content (AvgIpc) is 2.47. The minimum Gasteiger partial charge on any atom is -0.322 e. The van der Waals surface area contributed by atoms with Crippen molar-refractivity contribution in [1.29, 1.82) is 0 Å². The zero-order valence-electron chi connectivity index (χ0n) is 12.4. The average molecular weight is 282 g/mol. The van der Waals surface area contributed by atoms with Crippen LogP contribution in [0, 0.1) is 6.92 Å². The number of nitrogens with one attached hydrogen (secondary N) is 1. The van der Waals surface area contributed by atoms with Gasteiger partial charge in [-0.05, 0) is 43.3 Å². The number of hydrogen-bond donors (Lipinski definition) is 1. The Morgan fingerprint density at radius 2 is 1.52 bits per heavy atom. The van der Waals surface area contributed by atoms with E-state index in [1.165, 1.54) is 6.92 Å². The molecular formula is C17H18N2O2. The van der Waals surface area contributed by atoms with Gasteiger partial charge in [0.15, 0.2) is 0 Å². The highest BCUT2D eigenvalue weighted by molar-refractivity contribution is 6.04. The van der Waals surface area contributed by atoms with Crippen molar-refractivity contribution in [2.24, 2.45) is 0 Å². The second kappa shape index (κ2) is 6.22. The molecule has 0 saturated carbocycles. The molecule has 1 N–H and O–H groups in total. The van der Waals surface area contributed by atoms with E-state index in [9.17, 15) is 9.59 Å². The lowest BCUT2D eigenvalue weighted by atomic mass is 10.1. The Morgan fingerprint density at radius 1 is 0.952 bits per heavy atom. The highest BCUT2D eigenvalue weighted by Gasteiger charge is 2.07. The summed E-state index contributed by atoms with van der Waals surface area (Å²) >= 11 is 0. The van der Waals surface area contributed by atoms with E-state index in [1.807, 2.05) is 19.1 Å². The van der Waals surface area contributed by atoms with Gasteiger partial charge in [-0.15, -0.1) is 0 Å². The fourth-order valence-electron chi connectivity index (χ4n) is 1.86. The molecule has 2 aromatic rings. The molecule has 4 heteroatoms. The van der Waals surface area contributed by atoms with Crippen LogP contribution in [0.15, 0.2) is 48.5 Å². The molecule has 0 unspecified atom stereocenters. The summed E-state index contributed by atoms with van der Waals surface area (Å²) < 4.78 is 0. The molecule has 0 heterocycles. The van der Waals surface area contributed by atoms with E-state index in [0.29, 0.717) is 11.3 Å². The van der Waals surface area contributed by atoms with Crippen molar-refractivity contribution in [3.8, 4) is 0 Å². The second-order valence-corrected chi connectivity index (χ2v) is 4.95. The molecule has 0 aromatic heterocycles. The van der Waals surface area contributed by atoms with Gasteiger partial charge in [-0.1, -0.05) is 17.7 Å². The van der Waals surface area contributed by atoms with Crippen LogP contribution in [0.2, 0.25) is 0 Å². The van der Waals surface area contributed by atoms with Gasteiger partial charge in [0.2, 0.25) is 5.91 Å². The lowest BCUT2D eigenvalue weighted by Gasteiger charge is -2.15. The lowest BCUT2D eigenvalue weighted by molar-refractivity contribution is -0.116. The Bertz CT molecular complexity index is 645. The first-order chi connectivity index (χ1) is 9.97. The van der Waals surface area contributed by atoms with E-state index in [2.05, 4.69) is 5.32 Å². The Kier molecular flexibility index (Phi) is 4.38. The van der Waals surface area contributed by atoms with Crippen LogP contribution < -0.4 is 10.2 Å². The van der Waals surface area contributed by atoms with Crippen molar-refractivity contribution in [3.05, 3.63) is 59.7 Å². The third-order valence-electron chi connectivity index (χ3n) is 3.30.